The fourth-order valence-corrected chi connectivity index (χ4v) is 3.83. The van der Waals surface area contributed by atoms with Gasteiger partial charge in [-0.15, -0.1) is 0 Å². The van der Waals surface area contributed by atoms with Crippen LogP contribution in [0.25, 0.3) is 22.3 Å². The average molecular weight is 405 g/mol. The lowest BCUT2D eigenvalue weighted by Gasteiger charge is -2.20. The molecule has 30 heavy (non-hydrogen) atoms. The fourth-order valence-electron chi connectivity index (χ4n) is 3.83. The molecule has 1 aliphatic rings. The zero-order chi connectivity index (χ0) is 20.9. The first-order chi connectivity index (χ1) is 14.7. The Bertz CT molecular complexity index is 1030. The Morgan fingerprint density at radius 1 is 0.933 bits per heavy atom. The second kappa shape index (κ2) is 9.20. The van der Waals surface area contributed by atoms with Crippen LogP contribution in [0.2, 0.25) is 0 Å². The van der Waals surface area contributed by atoms with Gasteiger partial charge < -0.3 is 24.6 Å². The lowest BCUT2D eigenvalue weighted by atomic mass is 9.92. The first kappa shape index (κ1) is 20.3. The molecule has 1 aliphatic heterocycles. The van der Waals surface area contributed by atoms with Gasteiger partial charge in [0.15, 0.2) is 11.5 Å². The van der Waals surface area contributed by atoms with Crippen molar-refractivity contribution in [2.75, 3.05) is 33.5 Å². The maximum absolute atomic E-state index is 8.97. The molecule has 3 aromatic rings. The predicted octanol–water partition coefficient (Wildman–Crippen LogP) is 4.19. The summed E-state index contributed by atoms with van der Waals surface area (Å²) >= 11 is 0. The zero-order valence-corrected chi connectivity index (χ0v) is 17.4. The summed E-state index contributed by atoms with van der Waals surface area (Å²) in [5, 5.41) is 12.2. The van der Waals surface area contributed by atoms with Crippen molar-refractivity contribution in [3.63, 3.8) is 0 Å². The van der Waals surface area contributed by atoms with Gasteiger partial charge in [-0.05, 0) is 52.9 Å². The Balaban J connectivity index is 1.68. The second-order valence-corrected chi connectivity index (χ2v) is 7.26. The van der Waals surface area contributed by atoms with Crippen molar-refractivity contribution >= 4 is 0 Å². The van der Waals surface area contributed by atoms with Crippen LogP contribution in [0.1, 0.15) is 11.1 Å². The highest BCUT2D eigenvalue weighted by molar-refractivity contribution is 5.80. The molecule has 5 heteroatoms. The number of methoxy groups -OCH3 is 1. The van der Waals surface area contributed by atoms with Gasteiger partial charge in [0.1, 0.15) is 19.0 Å². The molecule has 0 amide bonds. The maximum atomic E-state index is 8.97. The van der Waals surface area contributed by atoms with Crippen LogP contribution in [0, 0.1) is 6.92 Å². The highest BCUT2D eigenvalue weighted by Crippen LogP contribution is 2.38. The average Bonchev–Trinajstić information content (AvgIpc) is 2.79. The molecule has 3 aromatic carbocycles. The summed E-state index contributed by atoms with van der Waals surface area (Å²) in [4.78, 5) is 0. The number of aliphatic hydroxyl groups excluding tert-OH is 1. The molecule has 0 saturated carbocycles. The molecular formula is C25H27NO4. The van der Waals surface area contributed by atoms with E-state index in [1.807, 2.05) is 6.07 Å². The number of aliphatic hydroxyl groups is 1. The molecular weight excluding hydrogens is 378 g/mol. The largest absolute Gasteiger partial charge is 0.496 e. The molecule has 1 heterocycles. The molecule has 0 unspecified atom stereocenters. The predicted molar refractivity (Wildman–Crippen MR) is 118 cm³/mol. The molecule has 0 saturated heterocycles. The van der Waals surface area contributed by atoms with Crippen LogP contribution in [0.4, 0.5) is 0 Å². The van der Waals surface area contributed by atoms with Gasteiger partial charge in [0.2, 0.25) is 0 Å². The molecule has 0 fully saturated rings. The van der Waals surface area contributed by atoms with Gasteiger partial charge in [-0.3, -0.25) is 0 Å². The summed E-state index contributed by atoms with van der Waals surface area (Å²) in [7, 11) is 1.69. The molecule has 0 radical (unpaired) electrons. The molecule has 4 rings (SSSR count). The molecule has 0 bridgehead atoms. The summed E-state index contributed by atoms with van der Waals surface area (Å²) in [6.45, 7) is 4.64. The van der Waals surface area contributed by atoms with Crippen molar-refractivity contribution in [3.05, 3.63) is 65.7 Å². The Morgan fingerprint density at radius 2 is 1.63 bits per heavy atom. The van der Waals surface area contributed by atoms with Crippen molar-refractivity contribution in [1.82, 2.24) is 5.32 Å². The number of hydrogen-bond donors (Lipinski definition) is 2. The zero-order valence-electron chi connectivity index (χ0n) is 17.4. The minimum Gasteiger partial charge on any atom is -0.496 e. The lowest BCUT2D eigenvalue weighted by molar-refractivity contribution is 0.171. The first-order valence-electron chi connectivity index (χ1n) is 10.2. The fraction of sp³-hybridized carbons (Fsp3) is 0.280. The van der Waals surface area contributed by atoms with Gasteiger partial charge in [0.05, 0.1) is 13.7 Å². The van der Waals surface area contributed by atoms with Crippen LogP contribution in [0.15, 0.2) is 54.6 Å². The van der Waals surface area contributed by atoms with Gasteiger partial charge >= 0.3 is 0 Å². The summed E-state index contributed by atoms with van der Waals surface area (Å²) in [6, 6.07) is 18.7. The minimum absolute atomic E-state index is 0.117. The third-order valence-electron chi connectivity index (χ3n) is 5.39. The number of ether oxygens (including phenoxy) is 3. The number of hydrogen-bond acceptors (Lipinski definition) is 5. The van der Waals surface area contributed by atoms with E-state index in [0.29, 0.717) is 26.3 Å². The monoisotopic (exact) mass is 405 g/mol. The van der Waals surface area contributed by atoms with E-state index in [4.69, 9.17) is 19.3 Å². The summed E-state index contributed by atoms with van der Waals surface area (Å²) in [5.74, 6) is 2.43. The van der Waals surface area contributed by atoms with Crippen molar-refractivity contribution in [3.8, 4) is 39.5 Å². The molecule has 2 N–H and O–H groups in total. The van der Waals surface area contributed by atoms with Crippen LogP contribution >= 0.6 is 0 Å². The normalized spacial score (nSPS) is 12.6. The Morgan fingerprint density at radius 3 is 2.37 bits per heavy atom. The van der Waals surface area contributed by atoms with E-state index < -0.39 is 0 Å². The highest BCUT2D eigenvalue weighted by Gasteiger charge is 2.15. The Hall–Kier alpha value is -3.02. The van der Waals surface area contributed by atoms with Crippen LogP contribution in [0.5, 0.6) is 17.2 Å². The van der Waals surface area contributed by atoms with Crippen LogP contribution in [-0.4, -0.2) is 38.6 Å². The van der Waals surface area contributed by atoms with Crippen molar-refractivity contribution in [2.24, 2.45) is 0 Å². The van der Waals surface area contributed by atoms with E-state index in [0.717, 1.165) is 45.1 Å². The first-order valence-corrected chi connectivity index (χ1v) is 10.2. The van der Waals surface area contributed by atoms with E-state index >= 15 is 0 Å². The highest BCUT2D eigenvalue weighted by atomic mass is 16.6. The van der Waals surface area contributed by atoms with E-state index in [9.17, 15) is 0 Å². The Kier molecular flexibility index (Phi) is 6.21. The second-order valence-electron chi connectivity index (χ2n) is 7.26. The van der Waals surface area contributed by atoms with E-state index in [2.05, 4.69) is 60.8 Å². The van der Waals surface area contributed by atoms with Gasteiger partial charge in [0.25, 0.3) is 0 Å². The minimum atomic E-state index is 0.117. The van der Waals surface area contributed by atoms with Crippen molar-refractivity contribution < 1.29 is 19.3 Å². The molecule has 0 aliphatic carbocycles. The standard InChI is InChI=1S/C25H27NO4/c1-17-21(18-6-7-20(16-26-10-11-27)24(14-18)28-2)4-3-5-22(17)19-8-9-23-25(15-19)30-13-12-29-23/h3-9,14-15,26-27H,10-13,16H2,1-2H3. The van der Waals surface area contributed by atoms with Gasteiger partial charge in [-0.2, -0.15) is 0 Å². The number of benzene rings is 3. The van der Waals surface area contributed by atoms with E-state index in [1.54, 1.807) is 7.11 Å². The molecule has 5 nitrogen and oxygen atoms in total. The molecule has 0 spiro atoms. The summed E-state index contributed by atoms with van der Waals surface area (Å²) in [5.41, 5.74) is 6.80. The van der Waals surface area contributed by atoms with Crippen LogP contribution in [0.3, 0.4) is 0 Å². The van der Waals surface area contributed by atoms with Gasteiger partial charge in [0, 0.05) is 18.7 Å². The van der Waals surface area contributed by atoms with Crippen LogP contribution < -0.4 is 19.5 Å². The van der Waals surface area contributed by atoms with E-state index in [-0.39, 0.29) is 6.61 Å². The number of fused-ring (bicyclic) bond motifs is 1. The maximum Gasteiger partial charge on any atom is 0.161 e. The smallest absolute Gasteiger partial charge is 0.161 e. The van der Waals surface area contributed by atoms with Crippen molar-refractivity contribution in [1.29, 1.82) is 0 Å². The van der Waals surface area contributed by atoms with E-state index in [1.165, 1.54) is 5.56 Å². The van der Waals surface area contributed by atoms with Gasteiger partial charge in [-0.1, -0.05) is 36.4 Å². The SMILES string of the molecule is COc1cc(-c2cccc(-c3ccc4c(c3)OCCO4)c2C)ccc1CNCCO. The van der Waals surface area contributed by atoms with Crippen molar-refractivity contribution in [2.45, 2.75) is 13.5 Å². The summed E-state index contributed by atoms with van der Waals surface area (Å²) < 4.78 is 17.0. The Labute approximate surface area is 177 Å². The quantitative estimate of drug-likeness (QED) is 0.577. The molecule has 0 atom stereocenters. The topological polar surface area (TPSA) is 60.0 Å². The third-order valence-corrected chi connectivity index (χ3v) is 5.39. The van der Waals surface area contributed by atoms with Gasteiger partial charge in [-0.25, -0.2) is 0 Å². The van der Waals surface area contributed by atoms with Crippen LogP contribution in [-0.2, 0) is 6.54 Å². The number of nitrogens with one attached hydrogen (secondary N) is 1. The third kappa shape index (κ3) is 4.13. The molecule has 0 aromatic heterocycles. The summed E-state index contributed by atoms with van der Waals surface area (Å²) in [6.07, 6.45) is 0. The number of rotatable bonds is 7. The molecule has 156 valence electrons. The lowest BCUT2D eigenvalue weighted by Crippen LogP contribution is -2.17.